The highest BCUT2D eigenvalue weighted by Gasteiger charge is 2.21. The predicted octanol–water partition coefficient (Wildman–Crippen LogP) is -0.168. The third-order valence-electron chi connectivity index (χ3n) is 2.60. The molecule has 0 spiro atoms. The lowest BCUT2D eigenvalue weighted by Crippen LogP contribution is -2.39. The lowest BCUT2D eigenvalue weighted by atomic mass is 10.4. The molecule has 2 rings (SSSR count). The first kappa shape index (κ1) is 12.0. The van der Waals surface area contributed by atoms with E-state index in [2.05, 4.69) is 9.88 Å². The van der Waals surface area contributed by atoms with E-state index in [1.165, 1.54) is 0 Å². The molecule has 0 amide bonds. The van der Waals surface area contributed by atoms with Crippen molar-refractivity contribution in [2.24, 2.45) is 5.73 Å². The Balaban J connectivity index is 1.91. The Hall–Kier alpha value is -0.500. The molecule has 0 saturated carbocycles. The summed E-state index contributed by atoms with van der Waals surface area (Å²) in [6, 6.07) is 0. The van der Waals surface area contributed by atoms with Crippen molar-refractivity contribution >= 4 is 21.2 Å². The van der Waals surface area contributed by atoms with Crippen molar-refractivity contribution in [3.05, 3.63) is 16.1 Å². The van der Waals surface area contributed by atoms with Crippen molar-refractivity contribution < 1.29 is 8.42 Å². The molecule has 2 heterocycles. The standard InChI is InChI=1S/C9H15N3O2S2/c10-5-9-11-8(7-15-9)6-12-1-3-16(13,14)4-2-12/h7H,1-6,10H2. The fourth-order valence-corrected chi connectivity index (χ4v) is 3.60. The molecule has 0 aliphatic carbocycles. The molecule has 0 atom stereocenters. The number of hydrogen-bond donors (Lipinski definition) is 1. The van der Waals surface area contributed by atoms with Crippen LogP contribution in [-0.2, 0) is 22.9 Å². The van der Waals surface area contributed by atoms with Crippen LogP contribution < -0.4 is 5.73 Å². The molecule has 0 aromatic carbocycles. The number of nitrogens with two attached hydrogens (primary N) is 1. The molecule has 90 valence electrons. The third-order valence-corrected chi connectivity index (χ3v) is 5.13. The summed E-state index contributed by atoms with van der Waals surface area (Å²) in [6.07, 6.45) is 0. The second-order valence-corrected chi connectivity index (χ2v) is 7.11. The minimum Gasteiger partial charge on any atom is -0.325 e. The number of hydrogen-bond acceptors (Lipinski definition) is 6. The van der Waals surface area contributed by atoms with Gasteiger partial charge in [-0.3, -0.25) is 4.90 Å². The molecule has 1 aliphatic rings. The summed E-state index contributed by atoms with van der Waals surface area (Å²) in [5.74, 6) is 0.530. The summed E-state index contributed by atoms with van der Waals surface area (Å²) >= 11 is 1.56. The van der Waals surface area contributed by atoms with Gasteiger partial charge in [0.05, 0.1) is 17.2 Å². The van der Waals surface area contributed by atoms with Gasteiger partial charge < -0.3 is 5.73 Å². The first-order chi connectivity index (χ1) is 7.59. The summed E-state index contributed by atoms with van der Waals surface area (Å²) in [5, 5.41) is 2.92. The topological polar surface area (TPSA) is 76.3 Å². The molecule has 16 heavy (non-hydrogen) atoms. The van der Waals surface area contributed by atoms with E-state index < -0.39 is 9.84 Å². The molecule has 5 nitrogen and oxygen atoms in total. The van der Waals surface area contributed by atoms with E-state index >= 15 is 0 Å². The number of nitrogens with zero attached hydrogens (tertiary/aromatic N) is 2. The molecule has 7 heteroatoms. The second-order valence-electron chi connectivity index (χ2n) is 3.86. The average Bonchev–Trinajstić information content (AvgIpc) is 2.69. The molecule has 2 N–H and O–H groups in total. The lowest BCUT2D eigenvalue weighted by molar-refractivity contribution is 0.284. The molecule has 0 radical (unpaired) electrons. The van der Waals surface area contributed by atoms with E-state index in [0.29, 0.717) is 19.6 Å². The summed E-state index contributed by atoms with van der Waals surface area (Å²) in [6.45, 7) is 2.42. The minimum absolute atomic E-state index is 0.265. The van der Waals surface area contributed by atoms with Gasteiger partial charge in [-0.1, -0.05) is 0 Å². The second kappa shape index (κ2) is 4.79. The lowest BCUT2D eigenvalue weighted by Gasteiger charge is -2.25. The van der Waals surface area contributed by atoms with E-state index in [1.54, 1.807) is 11.3 Å². The molecule has 1 fully saturated rings. The van der Waals surface area contributed by atoms with Crippen LogP contribution in [0.4, 0.5) is 0 Å². The Morgan fingerprint density at radius 2 is 2.12 bits per heavy atom. The van der Waals surface area contributed by atoms with Gasteiger partial charge in [-0.2, -0.15) is 0 Å². The SMILES string of the molecule is NCc1nc(CN2CCS(=O)(=O)CC2)cs1. The Kier molecular flexibility index (Phi) is 3.58. The number of thiazole rings is 1. The first-order valence-electron chi connectivity index (χ1n) is 5.15. The van der Waals surface area contributed by atoms with Crippen molar-refractivity contribution in [1.82, 2.24) is 9.88 Å². The molecule has 1 saturated heterocycles. The average molecular weight is 261 g/mol. The summed E-state index contributed by atoms with van der Waals surface area (Å²) in [5.41, 5.74) is 6.48. The van der Waals surface area contributed by atoms with Crippen LogP contribution in [0.15, 0.2) is 5.38 Å². The van der Waals surface area contributed by atoms with Crippen LogP contribution in [0, 0.1) is 0 Å². The molecular formula is C9H15N3O2S2. The van der Waals surface area contributed by atoms with E-state index in [1.807, 2.05) is 5.38 Å². The van der Waals surface area contributed by atoms with Gasteiger partial charge in [0.2, 0.25) is 0 Å². The molecule has 1 aromatic heterocycles. The Bertz CT molecular complexity index is 441. The Morgan fingerprint density at radius 3 is 2.69 bits per heavy atom. The maximum atomic E-state index is 11.2. The van der Waals surface area contributed by atoms with Gasteiger partial charge in [0, 0.05) is 31.6 Å². The third kappa shape index (κ3) is 3.00. The van der Waals surface area contributed by atoms with Gasteiger partial charge in [0.1, 0.15) is 5.01 Å². The van der Waals surface area contributed by atoms with Crippen LogP contribution in [0.2, 0.25) is 0 Å². The monoisotopic (exact) mass is 261 g/mol. The fourth-order valence-electron chi connectivity index (χ4n) is 1.65. The van der Waals surface area contributed by atoms with Gasteiger partial charge in [-0.05, 0) is 0 Å². The molecule has 1 aliphatic heterocycles. The first-order valence-corrected chi connectivity index (χ1v) is 7.85. The normalized spacial score (nSPS) is 21.1. The summed E-state index contributed by atoms with van der Waals surface area (Å²) < 4.78 is 22.5. The predicted molar refractivity (Wildman–Crippen MR) is 63.9 cm³/mol. The molecule has 1 aromatic rings. The maximum Gasteiger partial charge on any atom is 0.152 e. The van der Waals surface area contributed by atoms with E-state index in [9.17, 15) is 8.42 Å². The zero-order valence-electron chi connectivity index (χ0n) is 8.92. The van der Waals surface area contributed by atoms with Crippen LogP contribution in [0.1, 0.15) is 10.7 Å². The van der Waals surface area contributed by atoms with Gasteiger partial charge in [-0.15, -0.1) is 11.3 Å². The van der Waals surface area contributed by atoms with E-state index in [-0.39, 0.29) is 11.5 Å². The number of aromatic nitrogens is 1. The van der Waals surface area contributed by atoms with Crippen molar-refractivity contribution in [3.63, 3.8) is 0 Å². The number of sulfone groups is 1. The summed E-state index contributed by atoms with van der Waals surface area (Å²) in [7, 11) is -2.79. The zero-order chi connectivity index (χ0) is 11.6. The molecule has 0 bridgehead atoms. The van der Waals surface area contributed by atoms with Crippen molar-refractivity contribution in [2.75, 3.05) is 24.6 Å². The van der Waals surface area contributed by atoms with E-state index in [0.717, 1.165) is 17.2 Å². The highest BCUT2D eigenvalue weighted by Crippen LogP contribution is 2.13. The molecular weight excluding hydrogens is 246 g/mol. The van der Waals surface area contributed by atoms with Crippen LogP contribution >= 0.6 is 11.3 Å². The smallest absolute Gasteiger partial charge is 0.152 e. The largest absolute Gasteiger partial charge is 0.325 e. The summed E-state index contributed by atoms with van der Waals surface area (Å²) in [4.78, 5) is 6.48. The maximum absolute atomic E-state index is 11.2. The zero-order valence-corrected chi connectivity index (χ0v) is 10.6. The highest BCUT2D eigenvalue weighted by atomic mass is 32.2. The van der Waals surface area contributed by atoms with Crippen LogP contribution in [0.3, 0.4) is 0 Å². The van der Waals surface area contributed by atoms with Crippen LogP contribution in [0.25, 0.3) is 0 Å². The van der Waals surface area contributed by atoms with Crippen molar-refractivity contribution in [2.45, 2.75) is 13.1 Å². The van der Waals surface area contributed by atoms with Gasteiger partial charge in [-0.25, -0.2) is 13.4 Å². The van der Waals surface area contributed by atoms with Crippen molar-refractivity contribution in [3.8, 4) is 0 Å². The van der Waals surface area contributed by atoms with Crippen molar-refractivity contribution in [1.29, 1.82) is 0 Å². The fraction of sp³-hybridized carbons (Fsp3) is 0.667. The minimum atomic E-state index is -2.79. The molecule has 0 unspecified atom stereocenters. The highest BCUT2D eigenvalue weighted by molar-refractivity contribution is 7.91. The number of rotatable bonds is 3. The Labute approximate surface area is 99.2 Å². The van der Waals surface area contributed by atoms with E-state index in [4.69, 9.17) is 5.73 Å². The van der Waals surface area contributed by atoms with Gasteiger partial charge in [0.25, 0.3) is 0 Å². The van der Waals surface area contributed by atoms with Crippen LogP contribution in [-0.4, -0.2) is 42.9 Å². The van der Waals surface area contributed by atoms with Gasteiger partial charge in [0.15, 0.2) is 9.84 Å². The van der Waals surface area contributed by atoms with Crippen LogP contribution in [0.5, 0.6) is 0 Å². The van der Waals surface area contributed by atoms with Gasteiger partial charge >= 0.3 is 0 Å². The Morgan fingerprint density at radius 1 is 1.44 bits per heavy atom. The quantitative estimate of drug-likeness (QED) is 0.817.